The molecule has 2 amide bonds. The summed E-state index contributed by atoms with van der Waals surface area (Å²) in [5.74, 6) is -0.920. The molecule has 0 fully saturated rings. The van der Waals surface area contributed by atoms with E-state index < -0.39 is 11.8 Å². The van der Waals surface area contributed by atoms with Gasteiger partial charge in [0.2, 0.25) is 0 Å². The summed E-state index contributed by atoms with van der Waals surface area (Å²) >= 11 is 0. The third-order valence-corrected chi connectivity index (χ3v) is 3.99. The van der Waals surface area contributed by atoms with E-state index in [2.05, 4.69) is 20.8 Å². The number of rotatable bonds is 3. The van der Waals surface area contributed by atoms with Crippen molar-refractivity contribution in [3.8, 4) is 5.69 Å². The van der Waals surface area contributed by atoms with Gasteiger partial charge in [-0.05, 0) is 39.0 Å². The van der Waals surface area contributed by atoms with Crippen LogP contribution in [-0.2, 0) is 0 Å². The zero-order valence-electron chi connectivity index (χ0n) is 14.8. The summed E-state index contributed by atoms with van der Waals surface area (Å²) in [6.07, 6.45) is 2.85. The molecule has 2 aromatic heterocycles. The van der Waals surface area contributed by atoms with E-state index in [0.717, 1.165) is 17.1 Å². The second kappa shape index (κ2) is 7.18. The minimum Gasteiger partial charge on any atom is -0.318 e. The molecule has 132 valence electrons. The number of hydrogen-bond donors (Lipinski definition) is 2. The highest BCUT2D eigenvalue weighted by Crippen LogP contribution is 2.20. The predicted octanol–water partition coefficient (Wildman–Crippen LogP) is 2.27. The van der Waals surface area contributed by atoms with Crippen molar-refractivity contribution >= 4 is 11.8 Å². The van der Waals surface area contributed by atoms with E-state index in [9.17, 15) is 9.59 Å². The van der Waals surface area contributed by atoms with Gasteiger partial charge in [-0.25, -0.2) is 4.98 Å². The van der Waals surface area contributed by atoms with Gasteiger partial charge in [0.25, 0.3) is 11.8 Å². The van der Waals surface area contributed by atoms with Crippen LogP contribution >= 0.6 is 0 Å². The molecule has 3 rings (SSSR count). The molecule has 0 bridgehead atoms. The maximum absolute atomic E-state index is 12.5. The number of amides is 2. The fourth-order valence-corrected chi connectivity index (χ4v) is 2.72. The highest BCUT2D eigenvalue weighted by atomic mass is 16.2. The van der Waals surface area contributed by atoms with E-state index in [1.165, 1.54) is 12.4 Å². The summed E-state index contributed by atoms with van der Waals surface area (Å²) in [6.45, 7) is 5.57. The molecular weight excluding hydrogens is 330 g/mol. The van der Waals surface area contributed by atoms with Crippen LogP contribution in [0.5, 0.6) is 0 Å². The van der Waals surface area contributed by atoms with Crippen molar-refractivity contribution in [3.05, 3.63) is 77.1 Å². The summed E-state index contributed by atoms with van der Waals surface area (Å²) in [5, 5.41) is 0. The largest absolute Gasteiger partial charge is 0.318 e. The Kier molecular flexibility index (Phi) is 4.79. The van der Waals surface area contributed by atoms with E-state index in [1.54, 1.807) is 13.0 Å². The van der Waals surface area contributed by atoms with Gasteiger partial charge in [-0.2, -0.15) is 0 Å². The standard InChI is InChI=1S/C19H19N5O2/c1-12-10-21-17(11-20-12)19(26)23-22-18(25)16-9-13(2)24(14(16)3)15-7-5-4-6-8-15/h4-11H,1-3H3,(H,22,25)(H,23,26). The summed E-state index contributed by atoms with van der Waals surface area (Å²) in [5.41, 5.74) is 8.80. The van der Waals surface area contributed by atoms with Crippen LogP contribution in [0.1, 0.15) is 37.9 Å². The maximum Gasteiger partial charge on any atom is 0.289 e. The zero-order chi connectivity index (χ0) is 18.7. The minimum absolute atomic E-state index is 0.130. The third kappa shape index (κ3) is 3.46. The number of benzene rings is 1. The van der Waals surface area contributed by atoms with Crippen molar-refractivity contribution in [1.29, 1.82) is 0 Å². The smallest absolute Gasteiger partial charge is 0.289 e. The third-order valence-electron chi connectivity index (χ3n) is 3.99. The van der Waals surface area contributed by atoms with Gasteiger partial charge >= 0.3 is 0 Å². The maximum atomic E-state index is 12.5. The van der Waals surface area contributed by atoms with E-state index in [-0.39, 0.29) is 5.69 Å². The van der Waals surface area contributed by atoms with E-state index in [0.29, 0.717) is 11.3 Å². The summed E-state index contributed by atoms with van der Waals surface area (Å²) < 4.78 is 1.99. The van der Waals surface area contributed by atoms with Gasteiger partial charge in [0.15, 0.2) is 0 Å². The molecule has 0 radical (unpaired) electrons. The van der Waals surface area contributed by atoms with Gasteiger partial charge in [-0.3, -0.25) is 25.4 Å². The first-order chi connectivity index (χ1) is 12.5. The number of carbonyl (C=O) groups excluding carboxylic acids is 2. The van der Waals surface area contributed by atoms with Crippen LogP contribution in [0, 0.1) is 20.8 Å². The SMILES string of the molecule is Cc1cnc(C(=O)NNC(=O)c2cc(C)n(-c3ccccc3)c2C)cn1. The number of hydrazine groups is 1. The van der Waals surface area contributed by atoms with Gasteiger partial charge in [-0.15, -0.1) is 0 Å². The minimum atomic E-state index is -0.525. The molecule has 0 atom stereocenters. The van der Waals surface area contributed by atoms with Crippen LogP contribution in [0.15, 0.2) is 48.8 Å². The average Bonchev–Trinajstić information content (AvgIpc) is 2.95. The lowest BCUT2D eigenvalue weighted by atomic mass is 10.2. The fraction of sp³-hybridized carbons (Fsp3) is 0.158. The van der Waals surface area contributed by atoms with Gasteiger partial charge in [0.1, 0.15) is 5.69 Å². The number of aromatic nitrogens is 3. The van der Waals surface area contributed by atoms with Crippen molar-refractivity contribution < 1.29 is 9.59 Å². The number of aryl methyl sites for hydroxylation is 2. The number of nitrogens with one attached hydrogen (secondary N) is 2. The van der Waals surface area contributed by atoms with Crippen molar-refractivity contribution in [2.24, 2.45) is 0 Å². The predicted molar refractivity (Wildman–Crippen MR) is 96.9 cm³/mol. The molecule has 0 unspecified atom stereocenters. The molecule has 0 saturated carbocycles. The molecule has 3 aromatic rings. The van der Waals surface area contributed by atoms with Gasteiger partial charge in [0.05, 0.1) is 17.5 Å². The zero-order valence-corrected chi connectivity index (χ0v) is 14.8. The summed E-state index contributed by atoms with van der Waals surface area (Å²) in [7, 11) is 0. The Balaban J connectivity index is 1.74. The lowest BCUT2D eigenvalue weighted by Crippen LogP contribution is -2.42. The Labute approximate surface area is 151 Å². The first kappa shape index (κ1) is 17.3. The molecule has 7 heteroatoms. The normalized spacial score (nSPS) is 10.4. The monoisotopic (exact) mass is 349 g/mol. The summed E-state index contributed by atoms with van der Waals surface area (Å²) in [4.78, 5) is 32.5. The van der Waals surface area contributed by atoms with Gasteiger partial charge in [-0.1, -0.05) is 18.2 Å². The van der Waals surface area contributed by atoms with Gasteiger partial charge in [0, 0.05) is 23.3 Å². The van der Waals surface area contributed by atoms with E-state index in [4.69, 9.17) is 0 Å². The highest BCUT2D eigenvalue weighted by Gasteiger charge is 2.17. The Hall–Kier alpha value is -3.48. The van der Waals surface area contributed by atoms with Crippen molar-refractivity contribution in [3.63, 3.8) is 0 Å². The molecule has 0 aliphatic rings. The Morgan fingerprint density at radius 2 is 1.62 bits per heavy atom. The van der Waals surface area contributed by atoms with Crippen LogP contribution < -0.4 is 10.9 Å². The Morgan fingerprint density at radius 3 is 2.27 bits per heavy atom. The lowest BCUT2D eigenvalue weighted by Gasteiger charge is -2.10. The lowest BCUT2D eigenvalue weighted by molar-refractivity contribution is 0.0843. The topological polar surface area (TPSA) is 88.9 Å². The first-order valence-electron chi connectivity index (χ1n) is 8.11. The van der Waals surface area contributed by atoms with E-state index >= 15 is 0 Å². The van der Waals surface area contributed by atoms with Crippen LogP contribution in [0.25, 0.3) is 5.69 Å². The number of hydrogen-bond acceptors (Lipinski definition) is 4. The fourth-order valence-electron chi connectivity index (χ4n) is 2.72. The first-order valence-corrected chi connectivity index (χ1v) is 8.11. The highest BCUT2D eigenvalue weighted by molar-refractivity contribution is 5.99. The number of para-hydroxylation sites is 1. The molecule has 0 spiro atoms. The molecule has 0 aliphatic carbocycles. The molecule has 2 N–H and O–H groups in total. The average molecular weight is 349 g/mol. The Morgan fingerprint density at radius 1 is 0.923 bits per heavy atom. The van der Waals surface area contributed by atoms with Crippen LogP contribution in [0.2, 0.25) is 0 Å². The molecule has 0 saturated heterocycles. The van der Waals surface area contributed by atoms with E-state index in [1.807, 2.05) is 48.7 Å². The molecule has 2 heterocycles. The molecule has 1 aromatic carbocycles. The van der Waals surface area contributed by atoms with Crippen LogP contribution in [0.4, 0.5) is 0 Å². The number of nitrogens with zero attached hydrogens (tertiary/aromatic N) is 3. The quantitative estimate of drug-likeness (QED) is 0.710. The molecule has 7 nitrogen and oxygen atoms in total. The molecular formula is C19H19N5O2. The molecule has 0 aliphatic heterocycles. The molecule has 26 heavy (non-hydrogen) atoms. The van der Waals surface area contributed by atoms with Crippen LogP contribution in [-0.4, -0.2) is 26.3 Å². The summed E-state index contributed by atoms with van der Waals surface area (Å²) in [6, 6.07) is 11.6. The Bertz CT molecular complexity index is 946. The second-order valence-corrected chi connectivity index (χ2v) is 5.91. The van der Waals surface area contributed by atoms with Crippen molar-refractivity contribution in [2.75, 3.05) is 0 Å². The second-order valence-electron chi connectivity index (χ2n) is 5.91. The number of carbonyl (C=O) groups is 2. The van der Waals surface area contributed by atoms with Crippen molar-refractivity contribution in [1.82, 2.24) is 25.4 Å². The van der Waals surface area contributed by atoms with Gasteiger partial charge < -0.3 is 4.57 Å². The van der Waals surface area contributed by atoms with Crippen LogP contribution in [0.3, 0.4) is 0 Å². The van der Waals surface area contributed by atoms with Crippen molar-refractivity contribution in [2.45, 2.75) is 20.8 Å².